The van der Waals surface area contributed by atoms with Crippen molar-refractivity contribution in [3.8, 4) is 5.69 Å². The number of benzene rings is 3. The molecule has 0 fully saturated rings. The normalized spacial score (nSPS) is 14.7. The van der Waals surface area contributed by atoms with Gasteiger partial charge in [-0.05, 0) is 61.4 Å². The van der Waals surface area contributed by atoms with Crippen LogP contribution in [0.2, 0.25) is 0 Å². The Kier molecular flexibility index (Phi) is 5.07. The summed E-state index contributed by atoms with van der Waals surface area (Å²) in [6.07, 6.45) is 2.49. The van der Waals surface area contributed by atoms with Crippen molar-refractivity contribution in [3.63, 3.8) is 0 Å². The summed E-state index contributed by atoms with van der Waals surface area (Å²) < 4.78 is 1.93. The summed E-state index contributed by atoms with van der Waals surface area (Å²) >= 11 is 0. The average molecular weight is 477 g/mol. The van der Waals surface area contributed by atoms with Gasteiger partial charge >= 0.3 is 0 Å². The van der Waals surface area contributed by atoms with Crippen LogP contribution in [0.15, 0.2) is 72.9 Å². The number of imide groups is 1. The van der Waals surface area contributed by atoms with Gasteiger partial charge in [-0.1, -0.05) is 30.3 Å². The minimum Gasteiger partial charge on any atom is -0.334 e. The lowest BCUT2D eigenvalue weighted by molar-refractivity contribution is 0.0733. The lowest BCUT2D eigenvalue weighted by atomic mass is 10.0. The summed E-state index contributed by atoms with van der Waals surface area (Å²) in [4.78, 5) is 42.8. The molecule has 0 atom stereocenters. The Labute approximate surface area is 208 Å². The molecule has 2 aliphatic rings. The maximum atomic E-state index is 13.4. The van der Waals surface area contributed by atoms with Crippen LogP contribution in [-0.4, -0.2) is 38.9 Å². The van der Waals surface area contributed by atoms with Crippen LogP contribution in [0.1, 0.15) is 53.5 Å². The van der Waals surface area contributed by atoms with E-state index in [-0.39, 0.29) is 17.4 Å². The Hall–Kier alpha value is -4.52. The summed E-state index contributed by atoms with van der Waals surface area (Å²) in [6, 6.07) is 20.4. The molecule has 178 valence electrons. The molecule has 3 aromatic carbocycles. The lowest BCUT2D eigenvalue weighted by Gasteiger charge is -2.27. The molecule has 3 heterocycles. The second-order valence-electron chi connectivity index (χ2n) is 9.34. The fraction of sp³-hybridized carbons (Fsp3) is 0.172. The van der Waals surface area contributed by atoms with Gasteiger partial charge in [0.05, 0.1) is 34.4 Å². The van der Waals surface area contributed by atoms with Gasteiger partial charge in [-0.2, -0.15) is 5.10 Å². The minimum atomic E-state index is -0.400. The van der Waals surface area contributed by atoms with Crippen molar-refractivity contribution in [2.45, 2.75) is 26.8 Å². The van der Waals surface area contributed by atoms with Gasteiger partial charge in [0.2, 0.25) is 0 Å². The summed E-state index contributed by atoms with van der Waals surface area (Å²) in [5.41, 5.74) is 6.47. The van der Waals surface area contributed by atoms with Gasteiger partial charge in [0.25, 0.3) is 17.7 Å². The van der Waals surface area contributed by atoms with Crippen molar-refractivity contribution in [3.05, 3.63) is 112 Å². The van der Waals surface area contributed by atoms with Crippen molar-refractivity contribution < 1.29 is 14.4 Å². The number of carbonyl (C=O) groups excluding carboxylic acids is 3. The number of carbonyl (C=O) groups is 3. The van der Waals surface area contributed by atoms with Gasteiger partial charge in [-0.25, -0.2) is 9.58 Å². The molecule has 0 saturated heterocycles. The molecule has 0 spiro atoms. The first kappa shape index (κ1) is 22.0. The van der Waals surface area contributed by atoms with E-state index in [9.17, 15) is 14.4 Å². The van der Waals surface area contributed by atoms with E-state index in [1.54, 1.807) is 23.1 Å². The summed E-state index contributed by atoms with van der Waals surface area (Å²) in [7, 11) is 0. The van der Waals surface area contributed by atoms with E-state index in [4.69, 9.17) is 0 Å². The molecule has 6 rings (SSSR count). The third-order valence-corrected chi connectivity index (χ3v) is 6.96. The van der Waals surface area contributed by atoms with Crippen LogP contribution < -0.4 is 4.90 Å². The predicted molar refractivity (Wildman–Crippen MR) is 136 cm³/mol. The maximum Gasteiger partial charge on any atom is 0.266 e. The molecular weight excluding hydrogens is 452 g/mol. The monoisotopic (exact) mass is 476 g/mol. The highest BCUT2D eigenvalue weighted by molar-refractivity contribution is 6.35. The summed E-state index contributed by atoms with van der Waals surface area (Å²) in [5, 5.41) is 4.54. The van der Waals surface area contributed by atoms with E-state index in [0.717, 1.165) is 28.1 Å². The number of anilines is 1. The fourth-order valence-corrected chi connectivity index (χ4v) is 5.03. The number of fused-ring (bicyclic) bond motifs is 2. The van der Waals surface area contributed by atoms with E-state index in [1.165, 1.54) is 4.90 Å². The van der Waals surface area contributed by atoms with Crippen LogP contribution in [0, 0.1) is 13.8 Å². The van der Waals surface area contributed by atoms with Crippen molar-refractivity contribution in [1.29, 1.82) is 0 Å². The standard InChI is InChI=1S/C29H24N4O3/c1-18-8-9-19(2)26(14-18)32-28(35)23-11-10-20(15-24(23)29(32)36)27(34)31-13-12-25-21(17-31)16-30-33(25)22-6-4-3-5-7-22/h3-11,14-16H,12-13,17H2,1-2H3. The van der Waals surface area contributed by atoms with E-state index in [2.05, 4.69) is 5.10 Å². The molecule has 4 aromatic rings. The summed E-state index contributed by atoms with van der Waals surface area (Å²) in [5.74, 6) is -0.927. The molecule has 0 aliphatic carbocycles. The minimum absolute atomic E-state index is 0.165. The highest BCUT2D eigenvalue weighted by Gasteiger charge is 2.38. The van der Waals surface area contributed by atoms with Gasteiger partial charge in [-0.15, -0.1) is 0 Å². The molecule has 7 nitrogen and oxygen atoms in total. The van der Waals surface area contributed by atoms with Crippen LogP contribution in [-0.2, 0) is 13.0 Å². The van der Waals surface area contributed by atoms with E-state index in [0.29, 0.717) is 36.3 Å². The van der Waals surface area contributed by atoms with Gasteiger partial charge in [0, 0.05) is 30.6 Å². The molecule has 0 bridgehead atoms. The average Bonchev–Trinajstić information content (AvgIpc) is 3.43. The van der Waals surface area contributed by atoms with E-state index in [1.807, 2.05) is 73.3 Å². The van der Waals surface area contributed by atoms with Crippen LogP contribution >= 0.6 is 0 Å². The Morgan fingerprint density at radius 1 is 0.889 bits per heavy atom. The maximum absolute atomic E-state index is 13.4. The number of aromatic nitrogens is 2. The van der Waals surface area contributed by atoms with Crippen LogP contribution in [0.5, 0.6) is 0 Å². The van der Waals surface area contributed by atoms with Crippen LogP contribution in [0.25, 0.3) is 5.69 Å². The molecule has 7 heteroatoms. The van der Waals surface area contributed by atoms with Gasteiger partial charge < -0.3 is 4.90 Å². The van der Waals surface area contributed by atoms with Crippen LogP contribution in [0.4, 0.5) is 5.69 Å². The second-order valence-corrected chi connectivity index (χ2v) is 9.34. The number of amides is 3. The quantitative estimate of drug-likeness (QED) is 0.409. The van der Waals surface area contributed by atoms with Crippen molar-refractivity contribution in [1.82, 2.24) is 14.7 Å². The molecule has 36 heavy (non-hydrogen) atoms. The topological polar surface area (TPSA) is 75.5 Å². The first-order chi connectivity index (χ1) is 17.4. The SMILES string of the molecule is Cc1ccc(C)c(N2C(=O)c3ccc(C(=O)N4CCc5c(cnn5-c5ccccc5)C4)cc3C2=O)c1. The number of nitrogens with zero attached hydrogens (tertiary/aromatic N) is 4. The van der Waals surface area contributed by atoms with Gasteiger partial charge in [-0.3, -0.25) is 14.4 Å². The van der Waals surface area contributed by atoms with Gasteiger partial charge in [0.15, 0.2) is 0 Å². The predicted octanol–water partition coefficient (Wildman–Crippen LogP) is 4.49. The highest BCUT2D eigenvalue weighted by atomic mass is 16.2. The Balaban J connectivity index is 1.26. The smallest absolute Gasteiger partial charge is 0.266 e. The lowest BCUT2D eigenvalue weighted by Crippen LogP contribution is -2.36. The number of hydrogen-bond acceptors (Lipinski definition) is 4. The zero-order chi connectivity index (χ0) is 25.0. The number of rotatable bonds is 3. The third kappa shape index (κ3) is 3.43. The van der Waals surface area contributed by atoms with Crippen molar-refractivity contribution in [2.75, 3.05) is 11.4 Å². The zero-order valence-corrected chi connectivity index (χ0v) is 20.1. The van der Waals surface area contributed by atoms with Gasteiger partial charge in [0.1, 0.15) is 0 Å². The third-order valence-electron chi connectivity index (χ3n) is 6.96. The Bertz CT molecular complexity index is 1550. The number of para-hydroxylation sites is 1. The van der Waals surface area contributed by atoms with Crippen molar-refractivity contribution in [2.24, 2.45) is 0 Å². The Morgan fingerprint density at radius 3 is 2.47 bits per heavy atom. The Morgan fingerprint density at radius 2 is 1.67 bits per heavy atom. The zero-order valence-electron chi connectivity index (χ0n) is 20.1. The molecule has 0 N–H and O–H groups in total. The summed E-state index contributed by atoms with van der Waals surface area (Å²) in [6.45, 7) is 4.78. The number of aryl methyl sites for hydroxylation is 2. The molecule has 3 amide bonds. The first-order valence-corrected chi connectivity index (χ1v) is 11.9. The first-order valence-electron chi connectivity index (χ1n) is 11.9. The van der Waals surface area contributed by atoms with E-state index < -0.39 is 5.91 Å². The fourth-order valence-electron chi connectivity index (χ4n) is 5.03. The molecular formula is C29H24N4O3. The largest absolute Gasteiger partial charge is 0.334 e. The molecule has 0 unspecified atom stereocenters. The van der Waals surface area contributed by atoms with E-state index >= 15 is 0 Å². The molecule has 0 saturated carbocycles. The molecule has 1 aromatic heterocycles. The number of hydrogen-bond donors (Lipinski definition) is 0. The highest BCUT2D eigenvalue weighted by Crippen LogP contribution is 2.32. The molecule has 2 aliphatic heterocycles. The molecule has 0 radical (unpaired) electrons. The van der Waals surface area contributed by atoms with Crippen LogP contribution in [0.3, 0.4) is 0 Å². The second kappa shape index (κ2) is 8.30. The van der Waals surface area contributed by atoms with Crippen molar-refractivity contribution >= 4 is 23.4 Å².